The smallest absolute Gasteiger partial charge is 0.268 e. The summed E-state index contributed by atoms with van der Waals surface area (Å²) in [5, 5.41) is 0. The van der Waals surface area contributed by atoms with E-state index in [1.807, 2.05) is 19.1 Å². The molecule has 0 saturated carbocycles. The zero-order chi connectivity index (χ0) is 14.9. The fourth-order valence-corrected chi connectivity index (χ4v) is 4.09. The molecule has 0 saturated heterocycles. The molecule has 2 aromatic rings. The molecule has 20 heavy (non-hydrogen) atoms. The molecule has 1 aromatic heterocycles. The van der Waals surface area contributed by atoms with Crippen LogP contribution in [0.3, 0.4) is 0 Å². The molecule has 1 heterocycles. The highest BCUT2D eigenvalue weighted by atomic mass is 79.9. The maximum Gasteiger partial charge on any atom is 0.268 e. The van der Waals surface area contributed by atoms with Crippen LogP contribution in [-0.2, 0) is 16.6 Å². The van der Waals surface area contributed by atoms with Gasteiger partial charge in [-0.15, -0.1) is 0 Å². The van der Waals surface area contributed by atoms with Crippen molar-refractivity contribution in [1.29, 1.82) is 0 Å². The zero-order valence-electron chi connectivity index (χ0n) is 11.1. The van der Waals surface area contributed by atoms with E-state index < -0.39 is 10.0 Å². The van der Waals surface area contributed by atoms with Crippen molar-refractivity contribution in [3.8, 4) is 0 Å². The molecule has 0 aliphatic carbocycles. The first kappa shape index (κ1) is 15.1. The summed E-state index contributed by atoms with van der Waals surface area (Å²) in [7, 11) is -2.18. The summed E-state index contributed by atoms with van der Waals surface area (Å²) in [4.78, 5) is 0.0729. The molecule has 108 valence electrons. The number of sulfonamides is 1. The Hall–Kier alpha value is -1.31. The minimum atomic E-state index is -3.70. The van der Waals surface area contributed by atoms with Crippen LogP contribution in [0.25, 0.3) is 0 Å². The molecule has 0 spiro atoms. The molecule has 2 N–H and O–H groups in total. The van der Waals surface area contributed by atoms with Crippen molar-refractivity contribution in [2.75, 3.05) is 11.4 Å². The van der Waals surface area contributed by atoms with Gasteiger partial charge in [0.25, 0.3) is 10.0 Å². The number of halogens is 1. The lowest BCUT2D eigenvalue weighted by Crippen LogP contribution is -2.27. The van der Waals surface area contributed by atoms with Gasteiger partial charge in [0.05, 0.1) is 12.2 Å². The van der Waals surface area contributed by atoms with Crippen LogP contribution in [0.4, 0.5) is 5.69 Å². The molecular formula is C13H15BrN2O3S. The Labute approximate surface area is 126 Å². The number of furan rings is 1. The van der Waals surface area contributed by atoms with Crippen LogP contribution in [0, 0.1) is 6.92 Å². The first-order chi connectivity index (χ1) is 9.37. The van der Waals surface area contributed by atoms with Crippen LogP contribution in [-0.4, -0.2) is 15.5 Å². The summed E-state index contributed by atoms with van der Waals surface area (Å²) in [6, 6.07) is 8.71. The number of anilines is 1. The van der Waals surface area contributed by atoms with Crippen molar-refractivity contribution < 1.29 is 12.8 Å². The van der Waals surface area contributed by atoms with E-state index in [-0.39, 0.29) is 16.1 Å². The fourth-order valence-electron chi connectivity index (χ4n) is 1.87. The topological polar surface area (TPSA) is 76.5 Å². The summed E-state index contributed by atoms with van der Waals surface area (Å²) >= 11 is 3.13. The molecule has 5 nitrogen and oxygen atoms in total. The molecule has 1 aromatic carbocycles. The van der Waals surface area contributed by atoms with Gasteiger partial charge in [0, 0.05) is 13.1 Å². The van der Waals surface area contributed by atoms with E-state index in [0.29, 0.717) is 11.4 Å². The highest BCUT2D eigenvalue weighted by Crippen LogP contribution is 2.31. The second-order valence-electron chi connectivity index (χ2n) is 4.31. The van der Waals surface area contributed by atoms with E-state index in [1.54, 1.807) is 12.1 Å². The van der Waals surface area contributed by atoms with E-state index in [2.05, 4.69) is 15.9 Å². The summed E-state index contributed by atoms with van der Waals surface area (Å²) in [6.45, 7) is 2.00. The molecular weight excluding hydrogens is 344 g/mol. The number of nitrogens with two attached hydrogens (primary N) is 1. The van der Waals surface area contributed by atoms with E-state index >= 15 is 0 Å². The number of hydrogen-bond acceptors (Lipinski definition) is 4. The Kier molecular flexibility index (Phi) is 4.22. The number of rotatable bonds is 4. The van der Waals surface area contributed by atoms with Gasteiger partial charge in [0.15, 0.2) is 4.67 Å². The van der Waals surface area contributed by atoms with E-state index in [9.17, 15) is 8.42 Å². The van der Waals surface area contributed by atoms with Crippen LogP contribution < -0.4 is 10.0 Å². The molecule has 0 aliphatic heterocycles. The number of hydrogen-bond donors (Lipinski definition) is 1. The fraction of sp³-hybridized carbons (Fsp3) is 0.231. The van der Waals surface area contributed by atoms with Gasteiger partial charge >= 0.3 is 0 Å². The summed E-state index contributed by atoms with van der Waals surface area (Å²) < 4.78 is 31.9. The highest BCUT2D eigenvalue weighted by molar-refractivity contribution is 9.10. The lowest BCUT2D eigenvalue weighted by Gasteiger charge is -2.20. The maximum absolute atomic E-state index is 12.6. The lowest BCUT2D eigenvalue weighted by atomic mass is 10.2. The van der Waals surface area contributed by atoms with Gasteiger partial charge in [-0.1, -0.05) is 18.2 Å². The largest absolute Gasteiger partial charge is 0.452 e. The minimum Gasteiger partial charge on any atom is -0.452 e. The number of nitrogens with zero attached hydrogens (tertiary/aromatic N) is 1. The number of para-hydroxylation sites is 1. The minimum absolute atomic E-state index is 0.0729. The predicted molar refractivity (Wildman–Crippen MR) is 81.1 cm³/mol. The maximum atomic E-state index is 12.6. The molecule has 0 amide bonds. The van der Waals surface area contributed by atoms with Crippen molar-refractivity contribution >= 4 is 31.6 Å². The second kappa shape index (κ2) is 5.59. The lowest BCUT2D eigenvalue weighted by molar-refractivity contribution is 0.484. The first-order valence-electron chi connectivity index (χ1n) is 5.90. The third kappa shape index (κ3) is 2.61. The normalized spacial score (nSPS) is 11.6. The van der Waals surface area contributed by atoms with Gasteiger partial charge in [-0.25, -0.2) is 8.42 Å². The van der Waals surface area contributed by atoms with Crippen LogP contribution in [0.5, 0.6) is 0 Å². The zero-order valence-corrected chi connectivity index (χ0v) is 13.5. The molecule has 7 heteroatoms. The molecule has 0 bridgehead atoms. The summed E-state index contributed by atoms with van der Waals surface area (Å²) in [5.74, 6) is 0.411. The predicted octanol–water partition coefficient (Wildman–Crippen LogP) is 2.63. The Morgan fingerprint density at radius 3 is 2.55 bits per heavy atom. The van der Waals surface area contributed by atoms with Crippen LogP contribution in [0.1, 0.15) is 11.3 Å². The third-order valence-electron chi connectivity index (χ3n) is 3.00. The van der Waals surface area contributed by atoms with Gasteiger partial charge in [-0.05, 0) is 34.5 Å². The van der Waals surface area contributed by atoms with Crippen molar-refractivity contribution in [2.24, 2.45) is 5.73 Å². The summed E-state index contributed by atoms with van der Waals surface area (Å²) in [6.07, 6.45) is 0. The van der Waals surface area contributed by atoms with Gasteiger partial charge in [0.1, 0.15) is 10.7 Å². The molecule has 0 fully saturated rings. The van der Waals surface area contributed by atoms with E-state index in [0.717, 1.165) is 5.56 Å². The van der Waals surface area contributed by atoms with E-state index in [1.165, 1.54) is 17.4 Å². The Morgan fingerprint density at radius 1 is 1.35 bits per heavy atom. The van der Waals surface area contributed by atoms with Crippen molar-refractivity contribution in [1.82, 2.24) is 0 Å². The van der Waals surface area contributed by atoms with Crippen molar-refractivity contribution in [3.05, 3.63) is 46.3 Å². The molecule has 0 radical (unpaired) electrons. The second-order valence-corrected chi connectivity index (χ2v) is 6.97. The molecule has 2 rings (SSSR count). The quantitative estimate of drug-likeness (QED) is 0.911. The Balaban J connectivity index is 2.49. The average molecular weight is 359 g/mol. The van der Waals surface area contributed by atoms with Gasteiger partial charge in [-0.2, -0.15) is 0 Å². The number of aryl methyl sites for hydroxylation is 1. The molecule has 0 atom stereocenters. The van der Waals surface area contributed by atoms with Crippen molar-refractivity contribution in [2.45, 2.75) is 18.4 Å². The van der Waals surface area contributed by atoms with Gasteiger partial charge in [0.2, 0.25) is 0 Å². The van der Waals surface area contributed by atoms with Crippen LogP contribution in [0.2, 0.25) is 0 Å². The van der Waals surface area contributed by atoms with Crippen LogP contribution in [0.15, 0.2) is 44.3 Å². The Bertz CT molecular complexity index is 725. The SMILES string of the molecule is Cc1ccccc1N(C)S(=O)(=O)c1cc(CN)oc1Br. The average Bonchev–Trinajstić information content (AvgIpc) is 2.80. The first-order valence-corrected chi connectivity index (χ1v) is 8.14. The van der Waals surface area contributed by atoms with Crippen LogP contribution >= 0.6 is 15.9 Å². The summed E-state index contributed by atoms with van der Waals surface area (Å²) in [5.41, 5.74) is 6.96. The standard InChI is InChI=1S/C13H15BrN2O3S/c1-9-5-3-4-6-11(9)16(2)20(17,18)12-7-10(8-15)19-13(12)14/h3-7H,8,15H2,1-2H3. The highest BCUT2D eigenvalue weighted by Gasteiger charge is 2.27. The van der Waals surface area contributed by atoms with Gasteiger partial charge < -0.3 is 10.2 Å². The number of benzene rings is 1. The van der Waals surface area contributed by atoms with Gasteiger partial charge in [-0.3, -0.25) is 4.31 Å². The van der Waals surface area contributed by atoms with Crippen molar-refractivity contribution in [3.63, 3.8) is 0 Å². The Morgan fingerprint density at radius 2 is 2.00 bits per heavy atom. The van der Waals surface area contributed by atoms with E-state index in [4.69, 9.17) is 10.2 Å². The molecule has 0 unspecified atom stereocenters. The molecule has 0 aliphatic rings. The third-order valence-corrected chi connectivity index (χ3v) is 5.63. The monoisotopic (exact) mass is 358 g/mol.